The summed E-state index contributed by atoms with van der Waals surface area (Å²) in [6.07, 6.45) is 5.66. The predicted octanol–water partition coefficient (Wildman–Crippen LogP) is 3.21. The van der Waals surface area contributed by atoms with Crippen molar-refractivity contribution in [2.75, 3.05) is 11.4 Å². The van der Waals surface area contributed by atoms with Gasteiger partial charge in [-0.1, -0.05) is 16.8 Å². The van der Waals surface area contributed by atoms with Crippen LogP contribution in [0, 0.1) is 4.91 Å². The molecule has 0 bridgehead atoms. The van der Waals surface area contributed by atoms with E-state index in [0.29, 0.717) is 18.7 Å². The van der Waals surface area contributed by atoms with Crippen molar-refractivity contribution in [3.63, 3.8) is 0 Å². The Morgan fingerprint density at radius 1 is 1.52 bits per heavy atom. The third kappa shape index (κ3) is 4.13. The second-order valence-electron chi connectivity index (χ2n) is 5.09. The zero-order valence-electron chi connectivity index (χ0n) is 13.0. The highest BCUT2D eigenvalue weighted by Gasteiger charge is 2.20. The highest BCUT2D eigenvalue weighted by Crippen LogP contribution is 2.26. The summed E-state index contributed by atoms with van der Waals surface area (Å²) in [5.74, 6) is -0.115. The third-order valence-electron chi connectivity index (χ3n) is 3.43. The number of carbonyl (C=O) groups is 1. The summed E-state index contributed by atoms with van der Waals surface area (Å²) in [4.78, 5) is 28.4. The Morgan fingerprint density at radius 2 is 2.30 bits per heavy atom. The van der Waals surface area contributed by atoms with Crippen LogP contribution in [0.1, 0.15) is 26.7 Å². The van der Waals surface area contributed by atoms with Gasteiger partial charge in [0, 0.05) is 19.2 Å². The molecule has 122 valence electrons. The van der Waals surface area contributed by atoms with Gasteiger partial charge in [-0.05, 0) is 32.4 Å². The maximum Gasteiger partial charge on any atom is 0.227 e. The lowest BCUT2D eigenvalue weighted by Gasteiger charge is -2.19. The van der Waals surface area contributed by atoms with Crippen molar-refractivity contribution in [3.05, 3.63) is 40.8 Å². The van der Waals surface area contributed by atoms with E-state index in [2.05, 4.69) is 15.3 Å². The Balaban J connectivity index is 2.20. The smallest absolute Gasteiger partial charge is 0.227 e. The maximum absolute atomic E-state index is 12.4. The van der Waals surface area contributed by atoms with Crippen molar-refractivity contribution in [2.45, 2.75) is 32.7 Å². The average molecular weight is 336 g/mol. The molecular weight excluding hydrogens is 318 g/mol. The van der Waals surface area contributed by atoms with Crippen molar-refractivity contribution in [2.24, 2.45) is 5.18 Å². The van der Waals surface area contributed by atoms with Gasteiger partial charge in [0.05, 0.1) is 24.1 Å². The molecule has 2 aromatic rings. The molecule has 1 unspecified atom stereocenters. The Bertz CT molecular complexity index is 674. The molecule has 2 aromatic heterocycles. The van der Waals surface area contributed by atoms with E-state index in [9.17, 15) is 9.70 Å². The van der Waals surface area contributed by atoms with Gasteiger partial charge in [0.25, 0.3) is 0 Å². The van der Waals surface area contributed by atoms with Crippen LogP contribution in [0.15, 0.2) is 35.9 Å². The van der Waals surface area contributed by atoms with Crippen LogP contribution in [0.5, 0.6) is 0 Å². The Kier molecular flexibility index (Phi) is 5.81. The van der Waals surface area contributed by atoms with Gasteiger partial charge in [-0.25, -0.2) is 4.68 Å². The lowest BCUT2D eigenvalue weighted by Crippen LogP contribution is -2.30. The molecule has 0 radical (unpaired) electrons. The first-order valence-electron chi connectivity index (χ1n) is 7.35. The van der Waals surface area contributed by atoms with E-state index < -0.39 is 0 Å². The normalized spacial score (nSPS) is 12.0. The topological polar surface area (TPSA) is 80.5 Å². The van der Waals surface area contributed by atoms with Gasteiger partial charge in [-0.3, -0.25) is 9.78 Å². The molecule has 1 atom stereocenters. The molecule has 0 spiro atoms. The lowest BCUT2D eigenvalue weighted by atomic mass is 10.2. The second kappa shape index (κ2) is 7.82. The molecule has 0 aromatic carbocycles. The predicted molar refractivity (Wildman–Crippen MR) is 88.9 cm³/mol. The molecule has 0 aliphatic rings. The molecule has 23 heavy (non-hydrogen) atoms. The summed E-state index contributed by atoms with van der Waals surface area (Å²) in [6, 6.07) is 3.25. The fourth-order valence-electron chi connectivity index (χ4n) is 2.15. The highest BCUT2D eigenvalue weighted by molar-refractivity contribution is 6.32. The number of halogens is 1. The average Bonchev–Trinajstić information content (AvgIpc) is 2.96. The number of hydrogen-bond donors (Lipinski definition) is 0. The third-order valence-corrected chi connectivity index (χ3v) is 3.70. The molecule has 0 saturated heterocycles. The van der Waals surface area contributed by atoms with E-state index in [1.165, 1.54) is 0 Å². The number of amides is 1. The lowest BCUT2D eigenvalue weighted by molar-refractivity contribution is -0.118. The summed E-state index contributed by atoms with van der Waals surface area (Å²) in [5, 5.41) is 7.37. The van der Waals surface area contributed by atoms with Crippen LogP contribution < -0.4 is 4.90 Å². The Morgan fingerprint density at radius 3 is 2.91 bits per heavy atom. The van der Waals surface area contributed by atoms with Crippen molar-refractivity contribution < 1.29 is 4.79 Å². The molecular formula is C15H18ClN5O2. The fraction of sp³-hybridized carbons (Fsp3) is 0.400. The van der Waals surface area contributed by atoms with Crippen molar-refractivity contribution >= 4 is 23.2 Å². The minimum Gasteiger partial charge on any atom is -0.309 e. The number of pyridine rings is 1. The van der Waals surface area contributed by atoms with Gasteiger partial charge in [0.1, 0.15) is 5.69 Å². The van der Waals surface area contributed by atoms with Gasteiger partial charge in [0.2, 0.25) is 5.91 Å². The summed E-state index contributed by atoms with van der Waals surface area (Å²) >= 11 is 6.19. The van der Waals surface area contributed by atoms with E-state index in [-0.39, 0.29) is 23.5 Å². The standard InChI is InChI=1S/C15H18ClN5O2/c1-3-20(14(22)7-6-11(2)19-23)13-10-21(18-15(13)16)12-5-4-8-17-9-12/h4-5,8-11H,3,6-7H2,1-2H3. The van der Waals surface area contributed by atoms with Crippen LogP contribution in [-0.4, -0.2) is 33.3 Å². The first-order chi connectivity index (χ1) is 11.1. The number of anilines is 1. The molecule has 0 N–H and O–H groups in total. The minimum absolute atomic E-state index is 0.115. The van der Waals surface area contributed by atoms with Gasteiger partial charge in [-0.15, -0.1) is 0 Å². The summed E-state index contributed by atoms with van der Waals surface area (Å²) < 4.78 is 1.58. The quantitative estimate of drug-likeness (QED) is 0.727. The molecule has 8 heteroatoms. The summed E-state index contributed by atoms with van der Waals surface area (Å²) in [7, 11) is 0. The van der Waals surface area contributed by atoms with E-state index in [1.54, 1.807) is 41.2 Å². The number of aromatic nitrogens is 3. The van der Waals surface area contributed by atoms with Crippen molar-refractivity contribution in [1.29, 1.82) is 0 Å². The monoisotopic (exact) mass is 335 g/mol. The second-order valence-corrected chi connectivity index (χ2v) is 5.45. The van der Waals surface area contributed by atoms with Crippen LogP contribution in [-0.2, 0) is 4.79 Å². The molecule has 2 heterocycles. The van der Waals surface area contributed by atoms with Gasteiger partial charge >= 0.3 is 0 Å². The highest BCUT2D eigenvalue weighted by atomic mass is 35.5. The zero-order valence-corrected chi connectivity index (χ0v) is 13.8. The Hall–Kier alpha value is -2.28. The van der Waals surface area contributed by atoms with E-state index in [4.69, 9.17) is 11.6 Å². The van der Waals surface area contributed by atoms with Crippen LogP contribution in [0.3, 0.4) is 0 Å². The number of carbonyl (C=O) groups excluding carboxylic acids is 1. The van der Waals surface area contributed by atoms with Gasteiger partial charge in [-0.2, -0.15) is 10.0 Å². The van der Waals surface area contributed by atoms with Gasteiger partial charge in [0.15, 0.2) is 5.15 Å². The van der Waals surface area contributed by atoms with Crippen molar-refractivity contribution in [3.8, 4) is 5.69 Å². The minimum atomic E-state index is -0.383. The summed E-state index contributed by atoms with van der Waals surface area (Å²) in [5.41, 5.74) is 1.29. The van der Waals surface area contributed by atoms with Gasteiger partial charge < -0.3 is 4.90 Å². The summed E-state index contributed by atoms with van der Waals surface area (Å²) in [6.45, 7) is 4.00. The maximum atomic E-state index is 12.4. The molecule has 7 nitrogen and oxygen atoms in total. The SMILES string of the molecule is CCN(C(=O)CCC(C)N=O)c1cn(-c2cccnc2)nc1Cl. The first-order valence-corrected chi connectivity index (χ1v) is 7.73. The Labute approximate surface area is 139 Å². The van der Waals surface area contributed by atoms with E-state index in [0.717, 1.165) is 5.69 Å². The van der Waals surface area contributed by atoms with Crippen LogP contribution in [0.2, 0.25) is 5.15 Å². The zero-order chi connectivity index (χ0) is 16.8. The van der Waals surface area contributed by atoms with Crippen molar-refractivity contribution in [1.82, 2.24) is 14.8 Å². The molecule has 0 aliphatic carbocycles. The largest absolute Gasteiger partial charge is 0.309 e. The number of nitrogens with zero attached hydrogens (tertiary/aromatic N) is 5. The van der Waals surface area contributed by atoms with E-state index in [1.807, 2.05) is 13.0 Å². The molecule has 1 amide bonds. The van der Waals surface area contributed by atoms with Crippen LogP contribution in [0.4, 0.5) is 5.69 Å². The first kappa shape index (κ1) is 17.1. The molecule has 2 rings (SSSR count). The van der Waals surface area contributed by atoms with E-state index >= 15 is 0 Å². The fourth-order valence-corrected chi connectivity index (χ4v) is 2.38. The molecule has 0 aliphatic heterocycles. The number of hydrogen-bond acceptors (Lipinski definition) is 5. The van der Waals surface area contributed by atoms with Crippen LogP contribution in [0.25, 0.3) is 5.69 Å². The molecule has 0 saturated carbocycles. The van der Waals surface area contributed by atoms with Crippen LogP contribution >= 0.6 is 11.6 Å². The number of nitroso groups, excluding NO2 is 1. The number of rotatable bonds is 7. The molecule has 0 fully saturated rings.